The van der Waals surface area contributed by atoms with E-state index in [4.69, 9.17) is 15.6 Å². The lowest BCUT2D eigenvalue weighted by atomic mass is 9.98. The minimum Gasteiger partial charge on any atom is -0.506 e. The summed E-state index contributed by atoms with van der Waals surface area (Å²) >= 11 is 0. The third kappa shape index (κ3) is 4.98. The van der Waals surface area contributed by atoms with Crippen LogP contribution in [0.3, 0.4) is 0 Å². The number of aliphatic carboxylic acids is 1. The van der Waals surface area contributed by atoms with Gasteiger partial charge in [0.25, 0.3) is 0 Å². The molecule has 0 saturated carbocycles. The molecule has 1 aromatic carbocycles. The number of nitrogen functional groups attached to an aromatic ring is 1. The molecule has 0 amide bonds. The summed E-state index contributed by atoms with van der Waals surface area (Å²) in [5, 5.41) is 18.9. The minimum absolute atomic E-state index is 0.0290. The lowest BCUT2D eigenvalue weighted by molar-refractivity contribution is -0.167. The van der Waals surface area contributed by atoms with Crippen molar-refractivity contribution in [3.63, 3.8) is 0 Å². The number of para-hydroxylation sites is 1. The maximum Gasteiger partial charge on any atom is 0.320 e. The SMILES string of the molecule is CC(C)(C)OC(=O)C(CCc1cccc(N)c1O)C(=O)O. The molecule has 0 fully saturated rings. The molecule has 0 spiro atoms. The number of hydrogen-bond acceptors (Lipinski definition) is 5. The summed E-state index contributed by atoms with van der Waals surface area (Å²) in [6.07, 6.45) is 0.244. The van der Waals surface area contributed by atoms with E-state index in [1.54, 1.807) is 39.0 Å². The van der Waals surface area contributed by atoms with Gasteiger partial charge >= 0.3 is 11.9 Å². The van der Waals surface area contributed by atoms with E-state index in [1.807, 2.05) is 0 Å². The largest absolute Gasteiger partial charge is 0.506 e. The Morgan fingerprint density at radius 2 is 1.95 bits per heavy atom. The van der Waals surface area contributed by atoms with Crippen molar-refractivity contribution in [3.8, 4) is 5.75 Å². The van der Waals surface area contributed by atoms with Crippen molar-refractivity contribution in [1.82, 2.24) is 0 Å². The van der Waals surface area contributed by atoms with Gasteiger partial charge in [-0.15, -0.1) is 0 Å². The van der Waals surface area contributed by atoms with Gasteiger partial charge in [-0.2, -0.15) is 0 Å². The Kier molecular flexibility index (Phi) is 5.18. The average Bonchev–Trinajstić information content (AvgIpc) is 2.31. The van der Waals surface area contributed by atoms with Crippen LogP contribution in [0.25, 0.3) is 0 Å². The Morgan fingerprint density at radius 1 is 1.33 bits per heavy atom. The number of ether oxygens (including phenoxy) is 1. The number of rotatable bonds is 5. The number of carbonyl (C=O) groups is 2. The van der Waals surface area contributed by atoms with Crippen LogP contribution < -0.4 is 5.73 Å². The number of carboxylic acids is 1. The highest BCUT2D eigenvalue weighted by molar-refractivity contribution is 5.94. The molecule has 0 aliphatic carbocycles. The van der Waals surface area contributed by atoms with Crippen LogP contribution in [-0.4, -0.2) is 27.8 Å². The van der Waals surface area contributed by atoms with E-state index in [9.17, 15) is 14.7 Å². The smallest absolute Gasteiger partial charge is 0.320 e. The topological polar surface area (TPSA) is 110 Å². The van der Waals surface area contributed by atoms with Crippen LogP contribution in [0.2, 0.25) is 0 Å². The molecule has 4 N–H and O–H groups in total. The van der Waals surface area contributed by atoms with Crippen molar-refractivity contribution >= 4 is 17.6 Å². The summed E-state index contributed by atoms with van der Waals surface area (Å²) in [4.78, 5) is 23.1. The first-order valence-corrected chi connectivity index (χ1v) is 6.64. The molecule has 0 radical (unpaired) electrons. The quantitative estimate of drug-likeness (QED) is 0.331. The van der Waals surface area contributed by atoms with Crippen molar-refractivity contribution < 1.29 is 24.5 Å². The molecule has 0 bridgehead atoms. The third-order valence-corrected chi connectivity index (χ3v) is 2.84. The second kappa shape index (κ2) is 6.47. The van der Waals surface area contributed by atoms with Gasteiger partial charge in [0.05, 0.1) is 5.69 Å². The summed E-state index contributed by atoms with van der Waals surface area (Å²) in [5.74, 6) is -3.37. The van der Waals surface area contributed by atoms with Crippen LogP contribution in [0.4, 0.5) is 5.69 Å². The third-order valence-electron chi connectivity index (χ3n) is 2.84. The molecule has 1 rings (SSSR count). The number of aromatic hydroxyl groups is 1. The first-order chi connectivity index (χ1) is 9.61. The predicted octanol–water partition coefficient (Wildman–Crippen LogP) is 1.95. The highest BCUT2D eigenvalue weighted by Gasteiger charge is 2.31. The monoisotopic (exact) mass is 295 g/mol. The van der Waals surface area contributed by atoms with Gasteiger partial charge < -0.3 is 20.7 Å². The minimum atomic E-state index is -1.27. The summed E-state index contributed by atoms with van der Waals surface area (Å²) in [5.41, 5.74) is 5.55. The van der Waals surface area contributed by atoms with Gasteiger partial charge in [0.15, 0.2) is 5.92 Å². The molecular formula is C15H21NO5. The second-order valence-electron chi connectivity index (χ2n) is 5.82. The molecule has 116 valence electrons. The average molecular weight is 295 g/mol. The number of esters is 1. The molecular weight excluding hydrogens is 274 g/mol. The van der Waals surface area contributed by atoms with Crippen molar-refractivity contribution in [3.05, 3.63) is 23.8 Å². The molecule has 1 unspecified atom stereocenters. The number of anilines is 1. The Labute approximate surface area is 123 Å². The first kappa shape index (κ1) is 16.8. The number of phenols is 1. The van der Waals surface area contributed by atoms with Gasteiger partial charge in [0, 0.05) is 0 Å². The van der Waals surface area contributed by atoms with Crippen LogP contribution in [0.5, 0.6) is 5.75 Å². The molecule has 0 aliphatic heterocycles. The normalized spacial score (nSPS) is 12.7. The number of benzene rings is 1. The Balaban J connectivity index is 2.78. The fourth-order valence-corrected chi connectivity index (χ4v) is 1.83. The van der Waals surface area contributed by atoms with Crippen molar-refractivity contribution in [1.29, 1.82) is 0 Å². The van der Waals surface area contributed by atoms with Gasteiger partial charge in [0.1, 0.15) is 11.4 Å². The van der Waals surface area contributed by atoms with E-state index in [0.717, 1.165) is 0 Å². The van der Waals surface area contributed by atoms with E-state index in [1.165, 1.54) is 0 Å². The Hall–Kier alpha value is -2.24. The molecule has 0 aromatic heterocycles. The standard InChI is InChI=1S/C15H21NO5/c1-15(2,3)21-14(20)10(13(18)19)8-7-9-5-4-6-11(16)12(9)17/h4-6,10,17H,7-8,16H2,1-3H3,(H,18,19). The number of nitrogens with two attached hydrogens (primary N) is 1. The molecule has 6 heteroatoms. The fraction of sp³-hybridized carbons (Fsp3) is 0.467. The molecule has 0 saturated heterocycles. The molecule has 0 heterocycles. The maximum absolute atomic E-state index is 11.9. The van der Waals surface area contributed by atoms with Crippen LogP contribution in [-0.2, 0) is 20.7 Å². The van der Waals surface area contributed by atoms with Gasteiger partial charge in [-0.1, -0.05) is 12.1 Å². The fourth-order valence-electron chi connectivity index (χ4n) is 1.83. The summed E-state index contributed by atoms with van der Waals surface area (Å²) in [7, 11) is 0. The van der Waals surface area contributed by atoms with E-state index < -0.39 is 23.5 Å². The highest BCUT2D eigenvalue weighted by atomic mass is 16.6. The zero-order valence-electron chi connectivity index (χ0n) is 12.4. The Morgan fingerprint density at radius 3 is 2.48 bits per heavy atom. The maximum atomic E-state index is 11.9. The summed E-state index contributed by atoms with van der Waals surface area (Å²) in [6.45, 7) is 5.02. The molecule has 1 aromatic rings. The number of carbonyl (C=O) groups excluding carboxylic acids is 1. The van der Waals surface area contributed by atoms with E-state index in [2.05, 4.69) is 0 Å². The number of aryl methyl sites for hydroxylation is 1. The van der Waals surface area contributed by atoms with Crippen molar-refractivity contribution in [2.24, 2.45) is 5.92 Å². The second-order valence-corrected chi connectivity index (χ2v) is 5.82. The van der Waals surface area contributed by atoms with Crippen LogP contribution in [0, 0.1) is 5.92 Å². The summed E-state index contributed by atoms with van der Waals surface area (Å²) in [6, 6.07) is 4.84. The number of hydrogen-bond donors (Lipinski definition) is 3. The van der Waals surface area contributed by atoms with Crippen LogP contribution >= 0.6 is 0 Å². The van der Waals surface area contributed by atoms with Gasteiger partial charge in [0.2, 0.25) is 0 Å². The van der Waals surface area contributed by atoms with Gasteiger partial charge in [-0.25, -0.2) is 0 Å². The lowest BCUT2D eigenvalue weighted by Crippen LogP contribution is -2.33. The van der Waals surface area contributed by atoms with Crippen molar-refractivity contribution in [2.45, 2.75) is 39.2 Å². The number of phenolic OH excluding ortho intramolecular Hbond substituents is 1. The lowest BCUT2D eigenvalue weighted by Gasteiger charge is -2.22. The summed E-state index contributed by atoms with van der Waals surface area (Å²) < 4.78 is 5.10. The van der Waals surface area contributed by atoms with Crippen LogP contribution in [0.1, 0.15) is 32.8 Å². The number of carboxylic acid groups (broad SMARTS) is 1. The molecule has 1 atom stereocenters. The molecule has 6 nitrogen and oxygen atoms in total. The first-order valence-electron chi connectivity index (χ1n) is 6.64. The van der Waals surface area contributed by atoms with Crippen LogP contribution in [0.15, 0.2) is 18.2 Å². The highest BCUT2D eigenvalue weighted by Crippen LogP contribution is 2.27. The van der Waals surface area contributed by atoms with Crippen molar-refractivity contribution in [2.75, 3.05) is 5.73 Å². The van der Waals surface area contributed by atoms with Gasteiger partial charge in [-0.3, -0.25) is 9.59 Å². The Bertz CT molecular complexity index is 533. The predicted molar refractivity (Wildman–Crippen MR) is 77.8 cm³/mol. The van der Waals surface area contributed by atoms with E-state index in [-0.39, 0.29) is 24.3 Å². The zero-order chi connectivity index (χ0) is 16.2. The van der Waals surface area contributed by atoms with E-state index in [0.29, 0.717) is 5.56 Å². The van der Waals surface area contributed by atoms with Gasteiger partial charge in [-0.05, 0) is 45.2 Å². The molecule has 0 aliphatic rings. The molecule has 21 heavy (non-hydrogen) atoms. The van der Waals surface area contributed by atoms with E-state index >= 15 is 0 Å². The zero-order valence-corrected chi connectivity index (χ0v) is 12.4.